The van der Waals surface area contributed by atoms with Crippen LogP contribution >= 0.6 is 22.9 Å². The average Bonchev–Trinajstić information content (AvgIpc) is 3.61. The van der Waals surface area contributed by atoms with E-state index in [1.165, 1.54) is 16.2 Å². The molecule has 35 heavy (non-hydrogen) atoms. The zero-order chi connectivity index (χ0) is 24.9. The third-order valence-electron chi connectivity index (χ3n) is 6.00. The second kappa shape index (κ2) is 10.9. The summed E-state index contributed by atoms with van der Waals surface area (Å²) in [7, 11) is 1.58. The van der Waals surface area contributed by atoms with Crippen LogP contribution in [0.25, 0.3) is 0 Å². The quantitative estimate of drug-likeness (QED) is 0.401. The lowest BCUT2D eigenvalue weighted by Crippen LogP contribution is -2.45. The van der Waals surface area contributed by atoms with Crippen LogP contribution in [0, 0.1) is 0 Å². The molecule has 0 radical (unpaired) electrons. The molecule has 9 nitrogen and oxygen atoms in total. The van der Waals surface area contributed by atoms with Crippen molar-refractivity contribution < 1.29 is 19.1 Å². The van der Waals surface area contributed by atoms with Crippen LogP contribution in [0.5, 0.6) is 5.75 Å². The predicted octanol–water partition coefficient (Wildman–Crippen LogP) is 3.34. The topological polar surface area (TPSA) is 141 Å². The van der Waals surface area contributed by atoms with Gasteiger partial charge in [0.05, 0.1) is 12.8 Å². The molecular weight excluding hydrogens is 486 g/mol. The fourth-order valence-electron chi connectivity index (χ4n) is 4.19. The van der Waals surface area contributed by atoms with Crippen LogP contribution in [0.2, 0.25) is 0 Å². The number of carbonyl (C=O) groups excluding carboxylic acids is 3. The van der Waals surface area contributed by atoms with Crippen LogP contribution in [0.3, 0.4) is 0 Å². The Morgan fingerprint density at radius 3 is 2.49 bits per heavy atom. The van der Waals surface area contributed by atoms with Gasteiger partial charge in [0.25, 0.3) is 11.8 Å². The standard InChI is InChI=1S/C24H27N5O4S2/c1-33-16-10-8-14(9-11-16)13-29(24(32)21-18(25)19(22(26)30)28-35-21)20(17-7-4-12-34-17)23(31)27-15-5-2-3-6-15/h4,7-12,15,20H,2-3,5-6,13,25H2,1H3,(H2,26,30)(H,27,31). The second-order valence-corrected chi connectivity index (χ2v) is 10.1. The molecular formula is C24H27N5O4S2. The SMILES string of the molecule is COc1ccc(CN(C(=O)c2snc(C(N)=O)c2N)C(C(=O)NC2CCCC2)c2cccs2)cc1. The minimum Gasteiger partial charge on any atom is -0.497 e. The maximum Gasteiger partial charge on any atom is 0.270 e. The van der Waals surface area contributed by atoms with E-state index in [1.807, 2.05) is 29.6 Å². The molecule has 1 aliphatic rings. The molecule has 1 atom stereocenters. The first-order chi connectivity index (χ1) is 16.9. The molecule has 5 N–H and O–H groups in total. The van der Waals surface area contributed by atoms with Gasteiger partial charge in [-0.15, -0.1) is 11.3 Å². The molecule has 0 saturated heterocycles. The van der Waals surface area contributed by atoms with Gasteiger partial charge in [-0.1, -0.05) is 31.0 Å². The Kier molecular flexibility index (Phi) is 7.67. The minimum atomic E-state index is -0.885. The zero-order valence-corrected chi connectivity index (χ0v) is 20.9. The lowest BCUT2D eigenvalue weighted by atomic mass is 10.1. The molecule has 2 aromatic heterocycles. The van der Waals surface area contributed by atoms with Gasteiger partial charge in [0.1, 0.15) is 16.7 Å². The first-order valence-electron chi connectivity index (χ1n) is 11.2. The Balaban J connectivity index is 1.74. The van der Waals surface area contributed by atoms with Crippen molar-refractivity contribution in [2.45, 2.75) is 44.3 Å². The number of nitrogens with two attached hydrogens (primary N) is 2. The predicted molar refractivity (Wildman–Crippen MR) is 135 cm³/mol. The van der Waals surface area contributed by atoms with E-state index in [9.17, 15) is 14.4 Å². The summed E-state index contributed by atoms with van der Waals surface area (Å²) in [5, 5.41) is 5.00. The van der Waals surface area contributed by atoms with Crippen LogP contribution in [-0.4, -0.2) is 40.1 Å². The third-order valence-corrected chi connectivity index (χ3v) is 7.78. The second-order valence-electron chi connectivity index (χ2n) is 8.33. The van der Waals surface area contributed by atoms with Crippen LogP contribution < -0.4 is 21.5 Å². The molecule has 4 rings (SSSR count). The summed E-state index contributed by atoms with van der Waals surface area (Å²) in [5.41, 5.74) is 12.0. The van der Waals surface area contributed by atoms with Gasteiger partial charge >= 0.3 is 0 Å². The number of amides is 3. The number of primary amides is 1. The highest BCUT2D eigenvalue weighted by Gasteiger charge is 2.36. The highest BCUT2D eigenvalue weighted by molar-refractivity contribution is 7.10. The highest BCUT2D eigenvalue weighted by atomic mass is 32.1. The molecule has 1 fully saturated rings. The van der Waals surface area contributed by atoms with Crippen molar-refractivity contribution in [3.63, 3.8) is 0 Å². The van der Waals surface area contributed by atoms with Gasteiger partial charge in [-0.3, -0.25) is 14.4 Å². The molecule has 0 aliphatic heterocycles. The van der Waals surface area contributed by atoms with E-state index in [1.54, 1.807) is 19.2 Å². The Hall–Kier alpha value is -3.44. The van der Waals surface area contributed by atoms with Crippen LogP contribution in [0.15, 0.2) is 41.8 Å². The third kappa shape index (κ3) is 5.46. The molecule has 3 aromatic rings. The maximum atomic E-state index is 13.9. The smallest absolute Gasteiger partial charge is 0.270 e. The fourth-order valence-corrected chi connectivity index (χ4v) is 5.78. The number of hydrogen-bond donors (Lipinski definition) is 3. The number of ether oxygens (including phenoxy) is 1. The van der Waals surface area contributed by atoms with E-state index in [4.69, 9.17) is 16.2 Å². The monoisotopic (exact) mass is 513 g/mol. The summed E-state index contributed by atoms with van der Waals surface area (Å²) in [6.45, 7) is 0.132. The summed E-state index contributed by atoms with van der Waals surface area (Å²) in [6, 6.07) is 10.1. The van der Waals surface area contributed by atoms with Crippen molar-refractivity contribution in [1.29, 1.82) is 0 Å². The van der Waals surface area contributed by atoms with Crippen molar-refractivity contribution >= 4 is 46.3 Å². The number of benzene rings is 1. The van der Waals surface area contributed by atoms with Gasteiger partial charge in [-0.05, 0) is 53.5 Å². The Morgan fingerprint density at radius 2 is 1.91 bits per heavy atom. The number of methoxy groups -OCH3 is 1. The number of nitrogens with zero attached hydrogens (tertiary/aromatic N) is 2. The van der Waals surface area contributed by atoms with Gasteiger partial charge in [0.15, 0.2) is 5.69 Å². The van der Waals surface area contributed by atoms with Crippen LogP contribution in [-0.2, 0) is 11.3 Å². The fraction of sp³-hybridized carbons (Fsp3) is 0.333. The molecule has 11 heteroatoms. The largest absolute Gasteiger partial charge is 0.497 e. The van der Waals surface area contributed by atoms with Crippen LogP contribution in [0.1, 0.15) is 62.3 Å². The molecule has 2 heterocycles. The van der Waals surface area contributed by atoms with Gasteiger partial charge < -0.3 is 26.4 Å². The Labute approximate surface area is 211 Å². The number of carbonyl (C=O) groups is 3. The van der Waals surface area contributed by atoms with Crippen molar-refractivity contribution in [3.8, 4) is 5.75 Å². The minimum absolute atomic E-state index is 0.0718. The zero-order valence-electron chi connectivity index (χ0n) is 19.2. The van der Waals surface area contributed by atoms with Crippen molar-refractivity contribution in [2.24, 2.45) is 5.73 Å². The number of hydrogen-bond acceptors (Lipinski definition) is 8. The van der Waals surface area contributed by atoms with Crippen molar-refractivity contribution in [2.75, 3.05) is 12.8 Å². The molecule has 184 valence electrons. The molecule has 1 unspecified atom stereocenters. The average molecular weight is 514 g/mol. The van der Waals surface area contributed by atoms with Crippen molar-refractivity contribution in [1.82, 2.24) is 14.6 Å². The number of nitrogens with one attached hydrogen (secondary N) is 1. The summed E-state index contributed by atoms with van der Waals surface area (Å²) >= 11 is 2.20. The van der Waals surface area contributed by atoms with Gasteiger partial charge in [0.2, 0.25) is 5.91 Å². The molecule has 1 aromatic carbocycles. The number of anilines is 1. The number of thiophene rings is 1. The van der Waals surface area contributed by atoms with E-state index < -0.39 is 17.9 Å². The molecule has 1 saturated carbocycles. The summed E-state index contributed by atoms with van der Waals surface area (Å²) in [4.78, 5) is 41.5. The Bertz CT molecular complexity index is 1190. The number of aromatic nitrogens is 1. The molecule has 0 spiro atoms. The van der Waals surface area contributed by atoms with E-state index in [-0.39, 0.29) is 34.8 Å². The van der Waals surface area contributed by atoms with Gasteiger partial charge in [-0.25, -0.2) is 0 Å². The molecule has 3 amide bonds. The number of rotatable bonds is 9. The van der Waals surface area contributed by atoms with Gasteiger partial charge in [0, 0.05) is 17.5 Å². The maximum absolute atomic E-state index is 13.9. The normalized spacial score (nSPS) is 14.4. The lowest BCUT2D eigenvalue weighted by molar-refractivity contribution is -0.126. The summed E-state index contributed by atoms with van der Waals surface area (Å²) < 4.78 is 9.22. The first-order valence-corrected chi connectivity index (χ1v) is 12.9. The van der Waals surface area contributed by atoms with E-state index in [0.29, 0.717) is 5.75 Å². The highest BCUT2D eigenvalue weighted by Crippen LogP contribution is 2.33. The number of nitrogen functional groups attached to an aromatic ring is 1. The van der Waals surface area contributed by atoms with Gasteiger partial charge in [-0.2, -0.15) is 4.37 Å². The Morgan fingerprint density at radius 1 is 1.20 bits per heavy atom. The van der Waals surface area contributed by atoms with Crippen LogP contribution in [0.4, 0.5) is 5.69 Å². The molecule has 0 bridgehead atoms. The van der Waals surface area contributed by atoms with E-state index >= 15 is 0 Å². The van der Waals surface area contributed by atoms with E-state index in [0.717, 1.165) is 47.7 Å². The first kappa shape index (κ1) is 24.7. The van der Waals surface area contributed by atoms with Crippen molar-refractivity contribution in [3.05, 3.63) is 62.8 Å². The lowest BCUT2D eigenvalue weighted by Gasteiger charge is -2.31. The summed E-state index contributed by atoms with van der Waals surface area (Å²) in [6.07, 6.45) is 3.96. The summed E-state index contributed by atoms with van der Waals surface area (Å²) in [5.74, 6) is -0.880. The molecule has 1 aliphatic carbocycles. The van der Waals surface area contributed by atoms with E-state index in [2.05, 4.69) is 9.69 Å².